The second-order valence-electron chi connectivity index (χ2n) is 9.62. The van der Waals surface area contributed by atoms with Crippen LogP contribution in [0.4, 0.5) is 9.59 Å². The first-order valence-corrected chi connectivity index (χ1v) is 10.1. The molecule has 0 radical (unpaired) electrons. The van der Waals surface area contributed by atoms with E-state index in [1.54, 1.807) is 0 Å². The van der Waals surface area contributed by atoms with Crippen molar-refractivity contribution in [2.75, 3.05) is 0 Å². The van der Waals surface area contributed by atoms with Gasteiger partial charge in [0.05, 0.1) is 12.2 Å². The summed E-state index contributed by atoms with van der Waals surface area (Å²) < 4.78 is 10.2. The standard InChI is InChI=1S/2C10H19NO3/c2*1-10(2,3)14-9(13)11-7-4-5-8(12)6-7/h2*7-8,12H,4-6H2,1-3H3,(H,11,13). The molecular formula is C20H38N2O6. The highest BCUT2D eigenvalue weighted by atomic mass is 16.6. The zero-order valence-electron chi connectivity index (χ0n) is 18.1. The highest BCUT2D eigenvalue weighted by molar-refractivity contribution is 5.68. The minimum atomic E-state index is -0.457. The van der Waals surface area contributed by atoms with Crippen LogP contribution in [-0.4, -0.2) is 57.9 Å². The lowest BCUT2D eigenvalue weighted by Gasteiger charge is -2.21. The average Bonchev–Trinajstić information content (AvgIpc) is 3.04. The number of ether oxygens (including phenoxy) is 2. The second-order valence-corrected chi connectivity index (χ2v) is 9.62. The molecule has 4 atom stereocenters. The summed E-state index contributed by atoms with van der Waals surface area (Å²) in [5, 5.41) is 24.0. The lowest BCUT2D eigenvalue weighted by molar-refractivity contribution is 0.0489. The fourth-order valence-corrected chi connectivity index (χ4v) is 3.13. The van der Waals surface area contributed by atoms with E-state index in [1.807, 2.05) is 41.5 Å². The molecule has 2 saturated carbocycles. The summed E-state index contributed by atoms with van der Waals surface area (Å²) in [6.07, 6.45) is 3.15. The van der Waals surface area contributed by atoms with Crippen LogP contribution in [0.3, 0.4) is 0 Å². The molecule has 8 heteroatoms. The van der Waals surface area contributed by atoms with Crippen LogP contribution in [0.1, 0.15) is 80.1 Å². The normalized spacial score (nSPS) is 27.4. The number of alkyl carbamates (subject to hydrolysis) is 2. The van der Waals surface area contributed by atoms with Gasteiger partial charge in [0.25, 0.3) is 0 Å². The van der Waals surface area contributed by atoms with Crippen LogP contribution < -0.4 is 10.6 Å². The van der Waals surface area contributed by atoms with Crippen molar-refractivity contribution in [3.8, 4) is 0 Å². The molecule has 2 rings (SSSR count). The maximum absolute atomic E-state index is 11.3. The van der Waals surface area contributed by atoms with E-state index in [1.165, 1.54) is 0 Å². The maximum Gasteiger partial charge on any atom is 0.407 e. The summed E-state index contributed by atoms with van der Waals surface area (Å²) in [6, 6.07) is 0.139. The van der Waals surface area contributed by atoms with Crippen molar-refractivity contribution in [1.82, 2.24) is 10.6 Å². The molecule has 4 N–H and O–H groups in total. The topological polar surface area (TPSA) is 117 Å². The van der Waals surface area contributed by atoms with E-state index in [-0.39, 0.29) is 24.3 Å². The highest BCUT2D eigenvalue weighted by Gasteiger charge is 2.27. The molecule has 2 aliphatic rings. The van der Waals surface area contributed by atoms with Crippen LogP contribution in [0, 0.1) is 0 Å². The van der Waals surface area contributed by atoms with E-state index < -0.39 is 23.4 Å². The van der Waals surface area contributed by atoms with Crippen LogP contribution >= 0.6 is 0 Å². The van der Waals surface area contributed by atoms with Gasteiger partial charge in [0.2, 0.25) is 0 Å². The van der Waals surface area contributed by atoms with Crippen LogP contribution in [0.2, 0.25) is 0 Å². The van der Waals surface area contributed by atoms with Gasteiger partial charge in [-0.15, -0.1) is 0 Å². The van der Waals surface area contributed by atoms with E-state index in [2.05, 4.69) is 10.6 Å². The molecule has 0 aromatic heterocycles. The molecule has 0 heterocycles. The van der Waals surface area contributed by atoms with Gasteiger partial charge in [-0.25, -0.2) is 9.59 Å². The lowest BCUT2D eigenvalue weighted by Crippen LogP contribution is -2.38. The Morgan fingerprint density at radius 1 is 0.714 bits per heavy atom. The van der Waals surface area contributed by atoms with E-state index in [4.69, 9.17) is 9.47 Å². The molecule has 2 amide bonds. The maximum atomic E-state index is 11.3. The van der Waals surface area contributed by atoms with Gasteiger partial charge in [-0.2, -0.15) is 0 Å². The van der Waals surface area contributed by atoms with Gasteiger partial charge in [-0.05, 0) is 80.1 Å². The molecule has 164 valence electrons. The van der Waals surface area contributed by atoms with Gasteiger partial charge in [0.1, 0.15) is 11.2 Å². The largest absolute Gasteiger partial charge is 0.444 e. The molecule has 8 nitrogen and oxygen atoms in total. The zero-order valence-corrected chi connectivity index (χ0v) is 18.1. The Morgan fingerprint density at radius 3 is 1.25 bits per heavy atom. The molecule has 0 aliphatic heterocycles. The lowest BCUT2D eigenvalue weighted by atomic mass is 10.2. The van der Waals surface area contributed by atoms with Crippen molar-refractivity contribution in [3.63, 3.8) is 0 Å². The molecule has 0 aromatic rings. The van der Waals surface area contributed by atoms with E-state index in [0.717, 1.165) is 25.7 Å². The predicted molar refractivity (Wildman–Crippen MR) is 106 cm³/mol. The summed E-state index contributed by atoms with van der Waals surface area (Å²) in [4.78, 5) is 22.6. The van der Waals surface area contributed by atoms with E-state index >= 15 is 0 Å². The first-order valence-electron chi connectivity index (χ1n) is 10.1. The van der Waals surface area contributed by atoms with Crippen molar-refractivity contribution in [2.24, 2.45) is 0 Å². The van der Waals surface area contributed by atoms with Gasteiger partial charge in [-0.1, -0.05) is 0 Å². The molecule has 0 bridgehead atoms. The fraction of sp³-hybridized carbons (Fsp3) is 0.900. The van der Waals surface area contributed by atoms with E-state index in [0.29, 0.717) is 12.8 Å². The number of nitrogens with one attached hydrogen (secondary N) is 2. The Labute approximate surface area is 168 Å². The quantitative estimate of drug-likeness (QED) is 0.564. The summed E-state index contributed by atoms with van der Waals surface area (Å²) >= 11 is 0. The summed E-state index contributed by atoms with van der Waals surface area (Å²) in [5.74, 6) is 0. The Hall–Kier alpha value is -1.54. The predicted octanol–water partition coefficient (Wildman–Crippen LogP) is 2.85. The van der Waals surface area contributed by atoms with Crippen LogP contribution in [0.15, 0.2) is 0 Å². The number of carbonyl (C=O) groups is 2. The average molecular weight is 403 g/mol. The Morgan fingerprint density at radius 2 is 1.04 bits per heavy atom. The van der Waals surface area contributed by atoms with Crippen LogP contribution in [0.5, 0.6) is 0 Å². The first-order chi connectivity index (χ1) is 12.7. The van der Waals surface area contributed by atoms with Crippen molar-refractivity contribution in [2.45, 2.75) is 116 Å². The van der Waals surface area contributed by atoms with Crippen molar-refractivity contribution in [1.29, 1.82) is 0 Å². The number of rotatable bonds is 2. The third-order valence-electron chi connectivity index (χ3n) is 4.25. The number of hydrogen-bond donors (Lipinski definition) is 4. The van der Waals surface area contributed by atoms with Crippen LogP contribution in [0.25, 0.3) is 0 Å². The SMILES string of the molecule is CC(C)(C)OC(=O)NC1CCC(O)C1.CC(C)(C)OC(=O)NC1CCC(O)C1. The summed E-state index contributed by atoms with van der Waals surface area (Å²) in [7, 11) is 0. The van der Waals surface area contributed by atoms with Gasteiger partial charge in [-0.3, -0.25) is 0 Å². The third-order valence-corrected chi connectivity index (χ3v) is 4.25. The molecule has 0 aromatic carbocycles. The highest BCUT2D eigenvalue weighted by Crippen LogP contribution is 2.20. The molecule has 28 heavy (non-hydrogen) atoms. The first kappa shape index (κ1) is 24.5. The smallest absolute Gasteiger partial charge is 0.407 e. The van der Waals surface area contributed by atoms with Crippen molar-refractivity contribution in [3.05, 3.63) is 0 Å². The summed E-state index contributed by atoms with van der Waals surface area (Å²) in [6.45, 7) is 11.0. The molecule has 2 fully saturated rings. The number of aliphatic hydroxyl groups excluding tert-OH is 2. The number of hydrogen-bond acceptors (Lipinski definition) is 6. The minimum Gasteiger partial charge on any atom is -0.444 e. The van der Waals surface area contributed by atoms with Gasteiger partial charge >= 0.3 is 12.2 Å². The Bertz CT molecular complexity index is 466. The second kappa shape index (κ2) is 10.3. The number of amides is 2. The molecule has 0 spiro atoms. The van der Waals surface area contributed by atoms with E-state index in [9.17, 15) is 19.8 Å². The minimum absolute atomic E-state index is 0.0693. The molecule has 4 unspecified atom stereocenters. The monoisotopic (exact) mass is 402 g/mol. The number of aliphatic hydroxyl groups is 2. The fourth-order valence-electron chi connectivity index (χ4n) is 3.13. The summed E-state index contributed by atoms with van der Waals surface area (Å²) in [5.41, 5.74) is -0.914. The third kappa shape index (κ3) is 11.3. The molecule has 0 saturated heterocycles. The Kier molecular flexibility index (Phi) is 9.01. The number of carbonyl (C=O) groups excluding carboxylic acids is 2. The molecule has 2 aliphatic carbocycles. The zero-order chi connectivity index (χ0) is 21.5. The Balaban J connectivity index is 0.000000280. The van der Waals surface area contributed by atoms with Gasteiger partial charge < -0.3 is 30.3 Å². The van der Waals surface area contributed by atoms with Crippen molar-refractivity contribution < 1.29 is 29.3 Å². The van der Waals surface area contributed by atoms with Gasteiger partial charge in [0.15, 0.2) is 0 Å². The molecular weight excluding hydrogens is 364 g/mol. The van der Waals surface area contributed by atoms with Crippen molar-refractivity contribution >= 4 is 12.2 Å². The van der Waals surface area contributed by atoms with Crippen LogP contribution in [-0.2, 0) is 9.47 Å². The van der Waals surface area contributed by atoms with Gasteiger partial charge in [0, 0.05) is 12.1 Å².